The molecule has 1 aromatic rings. The lowest BCUT2D eigenvalue weighted by atomic mass is 10.0. The molecule has 1 atom stereocenters. The van der Waals surface area contributed by atoms with Gasteiger partial charge in [0.05, 0.1) is 0 Å². The van der Waals surface area contributed by atoms with E-state index in [0.717, 1.165) is 12.8 Å². The van der Waals surface area contributed by atoms with E-state index in [1.54, 1.807) is 0 Å². The molecule has 0 aromatic heterocycles. The van der Waals surface area contributed by atoms with Crippen molar-refractivity contribution in [3.05, 3.63) is 33.3 Å². The van der Waals surface area contributed by atoms with Crippen molar-refractivity contribution in [3.8, 4) is 0 Å². The van der Waals surface area contributed by atoms with Gasteiger partial charge in [0.15, 0.2) is 0 Å². The summed E-state index contributed by atoms with van der Waals surface area (Å²) in [5.41, 5.74) is 10.1. The van der Waals surface area contributed by atoms with Gasteiger partial charge in [0.2, 0.25) is 0 Å². The summed E-state index contributed by atoms with van der Waals surface area (Å²) in [6, 6.07) is 4.51. The Morgan fingerprint density at radius 2 is 2.25 bits per heavy atom. The lowest BCUT2D eigenvalue weighted by Crippen LogP contribution is -2.05. The van der Waals surface area contributed by atoms with Crippen LogP contribution in [0.2, 0.25) is 0 Å². The predicted octanol–water partition coefficient (Wildman–Crippen LogP) is 2.70. The van der Waals surface area contributed by atoms with Gasteiger partial charge >= 0.3 is 0 Å². The van der Waals surface area contributed by atoms with E-state index in [0.29, 0.717) is 0 Å². The molecule has 2 heteroatoms. The SMILES string of the molecule is Cc1c(Br)ccc2c1CCC2N. The zero-order valence-corrected chi connectivity index (χ0v) is 8.69. The van der Waals surface area contributed by atoms with Gasteiger partial charge in [0.25, 0.3) is 0 Å². The van der Waals surface area contributed by atoms with E-state index < -0.39 is 0 Å². The molecule has 0 aliphatic heterocycles. The van der Waals surface area contributed by atoms with E-state index in [1.807, 2.05) is 0 Å². The van der Waals surface area contributed by atoms with E-state index in [9.17, 15) is 0 Å². The van der Waals surface area contributed by atoms with Crippen LogP contribution in [0.1, 0.15) is 29.2 Å². The monoisotopic (exact) mass is 225 g/mol. The van der Waals surface area contributed by atoms with Gasteiger partial charge in [-0.2, -0.15) is 0 Å². The maximum Gasteiger partial charge on any atom is 0.0300 e. The third kappa shape index (κ3) is 1.10. The summed E-state index contributed by atoms with van der Waals surface area (Å²) < 4.78 is 1.20. The highest BCUT2D eigenvalue weighted by Gasteiger charge is 2.20. The third-order valence-corrected chi connectivity index (χ3v) is 3.53. The first-order valence-corrected chi connectivity index (χ1v) is 5.03. The topological polar surface area (TPSA) is 26.0 Å². The molecule has 1 aliphatic carbocycles. The fourth-order valence-electron chi connectivity index (χ4n) is 1.88. The number of hydrogen-bond donors (Lipinski definition) is 1. The highest BCUT2D eigenvalue weighted by Crippen LogP contribution is 2.34. The number of halogens is 1. The second-order valence-electron chi connectivity index (χ2n) is 3.39. The minimum Gasteiger partial charge on any atom is -0.324 e. The molecular weight excluding hydrogens is 214 g/mol. The Balaban J connectivity index is 2.60. The lowest BCUT2D eigenvalue weighted by Gasteiger charge is -2.07. The fourth-order valence-corrected chi connectivity index (χ4v) is 2.26. The number of fused-ring (bicyclic) bond motifs is 1. The molecule has 1 unspecified atom stereocenters. The van der Waals surface area contributed by atoms with Gasteiger partial charge < -0.3 is 5.73 Å². The van der Waals surface area contributed by atoms with Gasteiger partial charge in [-0.15, -0.1) is 0 Å². The van der Waals surface area contributed by atoms with Crippen LogP contribution in [0, 0.1) is 6.92 Å². The Hall–Kier alpha value is -0.340. The Morgan fingerprint density at radius 3 is 3.00 bits per heavy atom. The number of benzene rings is 1. The average molecular weight is 226 g/mol. The zero-order chi connectivity index (χ0) is 8.72. The summed E-state index contributed by atoms with van der Waals surface area (Å²) in [6.07, 6.45) is 2.24. The van der Waals surface area contributed by atoms with Crippen LogP contribution in [-0.4, -0.2) is 0 Å². The van der Waals surface area contributed by atoms with Gasteiger partial charge in [-0.25, -0.2) is 0 Å². The fraction of sp³-hybridized carbons (Fsp3) is 0.400. The van der Waals surface area contributed by atoms with Crippen LogP contribution in [0.3, 0.4) is 0 Å². The van der Waals surface area contributed by atoms with Crippen LogP contribution in [-0.2, 0) is 6.42 Å². The first-order chi connectivity index (χ1) is 5.70. The second-order valence-corrected chi connectivity index (χ2v) is 4.24. The van der Waals surface area contributed by atoms with Crippen molar-refractivity contribution >= 4 is 15.9 Å². The van der Waals surface area contributed by atoms with Crippen molar-refractivity contribution < 1.29 is 0 Å². The molecule has 2 N–H and O–H groups in total. The van der Waals surface area contributed by atoms with E-state index in [-0.39, 0.29) is 6.04 Å². The Labute approximate surface area is 81.1 Å². The normalized spacial score (nSPS) is 21.1. The number of rotatable bonds is 0. The molecule has 1 nitrogen and oxygen atoms in total. The molecule has 1 aromatic carbocycles. The zero-order valence-electron chi connectivity index (χ0n) is 7.10. The van der Waals surface area contributed by atoms with E-state index in [2.05, 4.69) is 35.0 Å². The van der Waals surface area contributed by atoms with Crippen LogP contribution in [0.15, 0.2) is 16.6 Å². The molecule has 12 heavy (non-hydrogen) atoms. The van der Waals surface area contributed by atoms with Gasteiger partial charge in [0.1, 0.15) is 0 Å². The highest BCUT2D eigenvalue weighted by molar-refractivity contribution is 9.10. The van der Waals surface area contributed by atoms with Gasteiger partial charge in [0, 0.05) is 10.5 Å². The van der Waals surface area contributed by atoms with Crippen LogP contribution in [0.5, 0.6) is 0 Å². The van der Waals surface area contributed by atoms with Crippen LogP contribution < -0.4 is 5.73 Å². The Bertz CT molecular complexity index is 320. The molecule has 0 spiro atoms. The first-order valence-electron chi connectivity index (χ1n) is 4.23. The van der Waals surface area contributed by atoms with Crippen molar-refractivity contribution in [3.63, 3.8) is 0 Å². The predicted molar refractivity (Wildman–Crippen MR) is 54.1 cm³/mol. The summed E-state index contributed by atoms with van der Waals surface area (Å²) in [4.78, 5) is 0. The van der Waals surface area contributed by atoms with Crippen molar-refractivity contribution in [2.24, 2.45) is 5.73 Å². The number of hydrogen-bond acceptors (Lipinski definition) is 1. The van der Waals surface area contributed by atoms with Crippen LogP contribution in [0.4, 0.5) is 0 Å². The first kappa shape index (κ1) is 8.27. The molecule has 0 radical (unpaired) electrons. The van der Waals surface area contributed by atoms with Gasteiger partial charge in [-0.05, 0) is 42.5 Å². The smallest absolute Gasteiger partial charge is 0.0300 e. The number of nitrogens with two attached hydrogens (primary N) is 1. The quantitative estimate of drug-likeness (QED) is 0.723. The minimum atomic E-state index is 0.270. The highest BCUT2D eigenvalue weighted by atomic mass is 79.9. The van der Waals surface area contributed by atoms with Crippen molar-refractivity contribution in [2.45, 2.75) is 25.8 Å². The van der Waals surface area contributed by atoms with Crippen molar-refractivity contribution in [1.82, 2.24) is 0 Å². The van der Waals surface area contributed by atoms with Crippen molar-refractivity contribution in [1.29, 1.82) is 0 Å². The average Bonchev–Trinajstić information content (AvgIpc) is 2.41. The molecule has 0 fully saturated rings. The molecule has 2 rings (SSSR count). The molecule has 64 valence electrons. The standard InChI is InChI=1S/C10H12BrN/c1-6-7-3-5-10(12)8(7)2-4-9(6)11/h2,4,10H,3,5,12H2,1H3. The molecule has 0 saturated carbocycles. The molecule has 0 amide bonds. The summed E-state index contributed by atoms with van der Waals surface area (Å²) in [6.45, 7) is 2.15. The summed E-state index contributed by atoms with van der Waals surface area (Å²) >= 11 is 3.53. The van der Waals surface area contributed by atoms with Crippen molar-refractivity contribution in [2.75, 3.05) is 0 Å². The molecule has 0 heterocycles. The summed E-state index contributed by atoms with van der Waals surface area (Å²) in [5, 5.41) is 0. The maximum atomic E-state index is 5.95. The van der Waals surface area contributed by atoms with E-state index in [1.165, 1.54) is 21.2 Å². The lowest BCUT2D eigenvalue weighted by molar-refractivity contribution is 0.713. The largest absolute Gasteiger partial charge is 0.324 e. The molecule has 1 aliphatic rings. The van der Waals surface area contributed by atoms with Crippen LogP contribution in [0.25, 0.3) is 0 Å². The van der Waals surface area contributed by atoms with Crippen LogP contribution >= 0.6 is 15.9 Å². The minimum absolute atomic E-state index is 0.270. The van der Waals surface area contributed by atoms with E-state index >= 15 is 0 Å². The molecule has 0 bridgehead atoms. The second kappa shape index (κ2) is 2.86. The summed E-state index contributed by atoms with van der Waals surface area (Å²) in [5.74, 6) is 0. The third-order valence-electron chi connectivity index (χ3n) is 2.67. The molecule has 0 saturated heterocycles. The van der Waals surface area contributed by atoms with Gasteiger partial charge in [-0.1, -0.05) is 22.0 Å². The Kier molecular flexibility index (Phi) is 1.97. The van der Waals surface area contributed by atoms with Gasteiger partial charge in [-0.3, -0.25) is 0 Å². The summed E-state index contributed by atoms with van der Waals surface area (Å²) in [7, 11) is 0. The molecular formula is C10H12BrN. The maximum absolute atomic E-state index is 5.95. The Morgan fingerprint density at radius 1 is 1.50 bits per heavy atom. The van der Waals surface area contributed by atoms with E-state index in [4.69, 9.17) is 5.73 Å².